The minimum atomic E-state index is 0. The molecule has 0 fully saturated rings. The molecule has 1 aromatic carbocycles. The van der Waals surface area contributed by atoms with Crippen LogP contribution < -0.4 is 5.73 Å². The van der Waals surface area contributed by atoms with E-state index in [1.165, 1.54) is 5.39 Å². The topological polar surface area (TPSA) is 41.8 Å². The molecule has 1 aromatic heterocycles. The second-order valence-corrected chi connectivity index (χ2v) is 2.65. The molecule has 0 aliphatic rings. The monoisotopic (exact) mass is 603 g/mol. The zero-order valence-electron chi connectivity index (χ0n) is 9.51. The van der Waals surface area contributed by atoms with Crippen LogP contribution in [-0.4, -0.2) is 4.98 Å². The number of benzene rings is 1. The van der Waals surface area contributed by atoms with E-state index in [1.807, 2.05) is 30.8 Å². The summed E-state index contributed by atoms with van der Waals surface area (Å²) in [5, 5.41) is 1.21. The summed E-state index contributed by atoms with van der Waals surface area (Å²) in [6, 6.07) is 8.14. The van der Waals surface area contributed by atoms with Gasteiger partial charge in [-0.05, 0) is 5.52 Å². The third-order valence-electron chi connectivity index (χ3n) is 1.90. The maximum Gasteiger partial charge on any atom is 0 e. The van der Waals surface area contributed by atoms with Gasteiger partial charge in [0.15, 0.2) is 0 Å². The van der Waals surface area contributed by atoms with Gasteiger partial charge in [-0.15, -0.1) is 17.6 Å². The minimum Gasteiger partial charge on any atom is -0.491 e. The first kappa shape index (κ1) is 29.2. The number of nitrogens with one attached hydrogen (secondary N) is 1. The minimum absolute atomic E-state index is 0. The van der Waals surface area contributed by atoms with Gasteiger partial charge in [0.1, 0.15) is 0 Å². The average Bonchev–Trinajstić information content (AvgIpc) is 2.50. The van der Waals surface area contributed by atoms with Crippen LogP contribution in [0.25, 0.3) is 10.9 Å². The molecular formula is C10H10N2Y5-2. The van der Waals surface area contributed by atoms with Crippen molar-refractivity contribution < 1.29 is 164 Å². The first-order valence-electron chi connectivity index (χ1n) is 3.86. The zero-order chi connectivity index (χ0) is 8.39. The van der Waals surface area contributed by atoms with Gasteiger partial charge < -0.3 is 23.7 Å². The van der Waals surface area contributed by atoms with E-state index in [9.17, 15) is 0 Å². The van der Waals surface area contributed by atoms with Crippen molar-refractivity contribution in [3.05, 3.63) is 49.0 Å². The maximum atomic E-state index is 5.32. The van der Waals surface area contributed by atoms with Crippen LogP contribution in [0.2, 0.25) is 0 Å². The smallest absolute Gasteiger partial charge is 0 e. The standard InChI is InChI=1S/C10H10N2.5Y/c11-6-5-8-7-12-10-4-2-1-3-9(8)10;;;;;/h1-7,12H,11H2;;;;;/q-2;;;;;. The number of hydrogen-bond acceptors (Lipinski definition) is 1. The Hall–Kier alpha value is 4.11. The molecular weight excluding hydrogens is 593 g/mol. The van der Waals surface area contributed by atoms with Crippen molar-refractivity contribution in [2.75, 3.05) is 0 Å². The number of para-hydroxylation sites is 1. The van der Waals surface area contributed by atoms with Gasteiger partial charge in [0.2, 0.25) is 0 Å². The molecule has 0 bridgehead atoms. The molecule has 1 heterocycles. The van der Waals surface area contributed by atoms with E-state index in [4.69, 9.17) is 5.73 Å². The van der Waals surface area contributed by atoms with Crippen molar-refractivity contribution in [3.63, 3.8) is 0 Å². The fraction of sp³-hybridized carbons (Fsp3) is 0. The molecule has 0 unspecified atom stereocenters. The Labute approximate surface area is 228 Å². The largest absolute Gasteiger partial charge is 0.491 e. The van der Waals surface area contributed by atoms with Crippen molar-refractivity contribution in [1.29, 1.82) is 0 Å². The molecule has 77 valence electrons. The fourth-order valence-electron chi connectivity index (χ4n) is 1.34. The first-order valence-corrected chi connectivity index (χ1v) is 3.86. The summed E-state index contributed by atoms with van der Waals surface area (Å²) in [5.74, 6) is 0. The number of hydrogen-bond donors (Lipinski definition) is 2. The summed E-state index contributed by atoms with van der Waals surface area (Å²) >= 11 is 0. The quantitative estimate of drug-likeness (QED) is 0.507. The number of aromatic amines is 1. The average molecular weight is 603 g/mol. The van der Waals surface area contributed by atoms with E-state index in [0.717, 1.165) is 11.1 Å². The molecule has 2 rings (SSSR count). The van der Waals surface area contributed by atoms with Gasteiger partial charge in [-0.1, -0.05) is 18.2 Å². The molecule has 2 nitrogen and oxygen atoms in total. The van der Waals surface area contributed by atoms with Crippen LogP contribution in [0, 0.1) is 13.0 Å². The molecule has 17 heavy (non-hydrogen) atoms. The number of fused-ring (bicyclic) bond motifs is 1. The summed E-state index contributed by atoms with van der Waals surface area (Å²) in [4.78, 5) is 3.17. The Kier molecular flexibility index (Phi) is 28.3. The summed E-state index contributed by atoms with van der Waals surface area (Å²) in [6.07, 6.45) is 3.84. The van der Waals surface area contributed by atoms with E-state index < -0.39 is 0 Å². The number of aromatic nitrogens is 1. The van der Waals surface area contributed by atoms with Crippen LogP contribution in [0.4, 0.5) is 0 Å². The Morgan fingerprint density at radius 1 is 0.941 bits per heavy atom. The van der Waals surface area contributed by atoms with Crippen LogP contribution in [0.15, 0.2) is 30.5 Å². The SMILES string of the molecule is N[CH-][CH-]c1c[nH]c2ccccc12.[Y].[Y].[Y].[Y].[Y]. The normalized spacial score (nSPS) is 7.35. The Balaban J connectivity index is -0.000000169. The molecule has 3 N–H and O–H groups in total. The molecule has 0 aliphatic heterocycles. The molecule has 0 amide bonds. The predicted octanol–water partition coefficient (Wildman–Crippen LogP) is 1.83. The first-order chi connectivity index (χ1) is 5.92. The van der Waals surface area contributed by atoms with Gasteiger partial charge in [-0.25, -0.2) is 0 Å². The van der Waals surface area contributed by atoms with Gasteiger partial charge >= 0.3 is 0 Å². The molecule has 0 spiro atoms. The van der Waals surface area contributed by atoms with Crippen LogP contribution in [-0.2, 0) is 164 Å². The molecule has 0 atom stereocenters. The van der Waals surface area contributed by atoms with E-state index in [0.29, 0.717) is 0 Å². The van der Waals surface area contributed by atoms with Crippen molar-refractivity contribution in [1.82, 2.24) is 4.98 Å². The second kappa shape index (κ2) is 16.5. The zero-order valence-corrected chi connectivity index (χ0v) is 23.7. The molecule has 0 saturated heterocycles. The van der Waals surface area contributed by atoms with E-state index in [1.54, 1.807) is 6.54 Å². The van der Waals surface area contributed by atoms with Crippen LogP contribution in [0.5, 0.6) is 0 Å². The summed E-state index contributed by atoms with van der Waals surface area (Å²) < 4.78 is 0. The van der Waals surface area contributed by atoms with E-state index in [2.05, 4.69) is 11.1 Å². The van der Waals surface area contributed by atoms with Gasteiger partial charge in [0, 0.05) is 164 Å². The maximum absolute atomic E-state index is 5.32. The number of H-pyrrole nitrogens is 1. The molecule has 5 radical (unpaired) electrons. The molecule has 7 heteroatoms. The Morgan fingerprint density at radius 3 is 2.12 bits per heavy atom. The number of rotatable bonds is 2. The Morgan fingerprint density at radius 2 is 1.53 bits per heavy atom. The van der Waals surface area contributed by atoms with Gasteiger partial charge in [0.05, 0.1) is 0 Å². The van der Waals surface area contributed by atoms with E-state index in [-0.39, 0.29) is 164 Å². The predicted molar refractivity (Wildman–Crippen MR) is 50.2 cm³/mol. The summed E-state index contributed by atoms with van der Waals surface area (Å²) in [6.45, 7) is 1.55. The van der Waals surface area contributed by atoms with Gasteiger partial charge in [-0.2, -0.15) is 5.56 Å². The molecule has 2 aromatic rings. The van der Waals surface area contributed by atoms with Crippen molar-refractivity contribution >= 4 is 10.9 Å². The van der Waals surface area contributed by atoms with Crippen LogP contribution >= 0.6 is 0 Å². The van der Waals surface area contributed by atoms with Gasteiger partial charge in [0.25, 0.3) is 0 Å². The molecule has 0 saturated carbocycles. The number of nitrogens with two attached hydrogens (primary N) is 1. The van der Waals surface area contributed by atoms with Gasteiger partial charge in [-0.3, -0.25) is 0 Å². The van der Waals surface area contributed by atoms with Crippen molar-refractivity contribution in [2.45, 2.75) is 0 Å². The van der Waals surface area contributed by atoms with Crippen LogP contribution in [0.3, 0.4) is 0 Å². The van der Waals surface area contributed by atoms with E-state index >= 15 is 0 Å². The summed E-state index contributed by atoms with van der Waals surface area (Å²) in [5.41, 5.74) is 7.59. The third kappa shape index (κ3) is 8.97. The van der Waals surface area contributed by atoms with Crippen LogP contribution in [0.1, 0.15) is 5.56 Å². The molecule has 0 aliphatic carbocycles. The Bertz CT molecular complexity index is 391. The summed E-state index contributed by atoms with van der Waals surface area (Å²) in [7, 11) is 0. The van der Waals surface area contributed by atoms with Crippen molar-refractivity contribution in [3.8, 4) is 0 Å². The van der Waals surface area contributed by atoms with Crippen molar-refractivity contribution in [2.24, 2.45) is 5.73 Å². The second-order valence-electron chi connectivity index (χ2n) is 2.65. The fourth-order valence-corrected chi connectivity index (χ4v) is 1.34. The third-order valence-corrected chi connectivity index (χ3v) is 1.90.